The van der Waals surface area contributed by atoms with Crippen molar-refractivity contribution in [1.82, 2.24) is 4.72 Å². The Kier molecular flexibility index (Phi) is 3.69. The van der Waals surface area contributed by atoms with Gasteiger partial charge in [-0.25, -0.2) is 13.1 Å². The Morgan fingerprint density at radius 1 is 1.00 bits per heavy atom. The molecule has 4 nitrogen and oxygen atoms in total. The Labute approximate surface area is 125 Å². The van der Waals surface area contributed by atoms with Gasteiger partial charge in [0.2, 0.25) is 10.0 Å². The Morgan fingerprint density at radius 2 is 1.62 bits per heavy atom. The van der Waals surface area contributed by atoms with E-state index in [2.05, 4.69) is 4.72 Å². The van der Waals surface area contributed by atoms with E-state index >= 15 is 0 Å². The smallest absolute Gasteiger partial charge is 0.241 e. The zero-order valence-electron chi connectivity index (χ0n) is 11.6. The normalized spacial score (nSPS) is 16.6. The summed E-state index contributed by atoms with van der Waals surface area (Å²) >= 11 is 0. The van der Waals surface area contributed by atoms with Crippen LogP contribution in [0.4, 0.5) is 5.69 Å². The van der Waals surface area contributed by atoms with Crippen LogP contribution in [0.5, 0.6) is 0 Å². The molecule has 1 atom stereocenters. The van der Waals surface area contributed by atoms with Crippen LogP contribution in [0.1, 0.15) is 24.4 Å². The second kappa shape index (κ2) is 5.50. The highest BCUT2D eigenvalue weighted by Gasteiger charge is 2.35. The lowest BCUT2D eigenvalue weighted by Crippen LogP contribution is -2.30. The van der Waals surface area contributed by atoms with Gasteiger partial charge in [-0.05, 0) is 48.6 Å². The van der Waals surface area contributed by atoms with E-state index in [1.54, 1.807) is 12.1 Å². The second-order valence-corrected chi connectivity index (χ2v) is 7.13. The SMILES string of the molecule is Nc1ccc(S(=O)(=O)NC(c2ccccc2)C2CC2)cc1. The Balaban J connectivity index is 1.87. The quantitative estimate of drug-likeness (QED) is 0.834. The van der Waals surface area contributed by atoms with Crippen LogP contribution < -0.4 is 10.5 Å². The fourth-order valence-corrected chi connectivity index (χ4v) is 3.70. The molecular weight excluding hydrogens is 284 g/mol. The Hall–Kier alpha value is -1.85. The third-order valence-corrected chi connectivity index (χ3v) is 5.18. The van der Waals surface area contributed by atoms with Crippen molar-refractivity contribution < 1.29 is 8.42 Å². The molecule has 1 unspecified atom stereocenters. The number of benzene rings is 2. The molecule has 1 saturated carbocycles. The lowest BCUT2D eigenvalue weighted by atomic mass is 10.0. The first-order chi connectivity index (χ1) is 10.1. The molecule has 0 amide bonds. The van der Waals surface area contributed by atoms with Crippen molar-refractivity contribution in [3.8, 4) is 0 Å². The Bertz CT molecular complexity index is 708. The minimum atomic E-state index is -3.53. The predicted molar refractivity (Wildman–Crippen MR) is 83.1 cm³/mol. The molecule has 3 N–H and O–H groups in total. The topological polar surface area (TPSA) is 72.2 Å². The third kappa shape index (κ3) is 3.25. The lowest BCUT2D eigenvalue weighted by molar-refractivity contribution is 0.529. The zero-order chi connectivity index (χ0) is 14.9. The van der Waals surface area contributed by atoms with Crippen LogP contribution in [0.3, 0.4) is 0 Å². The molecule has 0 aromatic heterocycles. The zero-order valence-corrected chi connectivity index (χ0v) is 12.4. The number of nitrogens with two attached hydrogens (primary N) is 1. The van der Waals surface area contributed by atoms with E-state index in [4.69, 9.17) is 5.73 Å². The molecule has 1 aliphatic rings. The molecule has 1 aliphatic carbocycles. The number of sulfonamides is 1. The minimum absolute atomic E-state index is 0.159. The summed E-state index contributed by atoms with van der Waals surface area (Å²) < 4.78 is 27.9. The number of rotatable bonds is 5. The number of hydrogen-bond donors (Lipinski definition) is 2. The van der Waals surface area contributed by atoms with Gasteiger partial charge in [0.05, 0.1) is 4.90 Å². The van der Waals surface area contributed by atoms with Crippen molar-refractivity contribution in [2.45, 2.75) is 23.8 Å². The van der Waals surface area contributed by atoms with E-state index in [9.17, 15) is 8.42 Å². The molecule has 3 rings (SSSR count). The largest absolute Gasteiger partial charge is 0.399 e. The molecule has 2 aromatic rings. The van der Waals surface area contributed by atoms with Crippen molar-refractivity contribution >= 4 is 15.7 Å². The van der Waals surface area contributed by atoms with Gasteiger partial charge >= 0.3 is 0 Å². The molecule has 0 spiro atoms. The number of hydrogen-bond acceptors (Lipinski definition) is 3. The van der Waals surface area contributed by atoms with Gasteiger partial charge in [0.25, 0.3) is 0 Å². The van der Waals surface area contributed by atoms with Crippen LogP contribution >= 0.6 is 0 Å². The van der Waals surface area contributed by atoms with E-state index in [0.717, 1.165) is 18.4 Å². The van der Waals surface area contributed by atoms with Crippen LogP contribution in [0.25, 0.3) is 0 Å². The third-order valence-electron chi connectivity index (χ3n) is 3.72. The summed E-state index contributed by atoms with van der Waals surface area (Å²) in [6, 6.07) is 15.8. The van der Waals surface area contributed by atoms with Gasteiger partial charge in [0.1, 0.15) is 0 Å². The maximum Gasteiger partial charge on any atom is 0.241 e. The van der Waals surface area contributed by atoms with E-state index < -0.39 is 10.0 Å². The Morgan fingerprint density at radius 3 is 2.19 bits per heavy atom. The molecule has 0 saturated heterocycles. The predicted octanol–water partition coefficient (Wildman–Crippen LogP) is 2.70. The maximum absolute atomic E-state index is 12.5. The standard InChI is InChI=1S/C16H18N2O2S/c17-14-8-10-15(11-9-14)21(19,20)18-16(13-6-7-13)12-4-2-1-3-5-12/h1-5,8-11,13,16,18H,6-7,17H2. The van der Waals surface area contributed by atoms with Gasteiger partial charge in [-0.3, -0.25) is 0 Å². The molecule has 2 aromatic carbocycles. The monoisotopic (exact) mass is 302 g/mol. The summed E-state index contributed by atoms with van der Waals surface area (Å²) in [6.45, 7) is 0. The van der Waals surface area contributed by atoms with E-state index in [1.807, 2.05) is 30.3 Å². The molecule has 0 heterocycles. The van der Waals surface area contributed by atoms with Crippen LogP contribution in [0.15, 0.2) is 59.5 Å². The summed E-state index contributed by atoms with van der Waals surface area (Å²) in [5.41, 5.74) is 7.17. The molecule has 21 heavy (non-hydrogen) atoms. The highest BCUT2D eigenvalue weighted by Crippen LogP contribution is 2.41. The summed E-state index contributed by atoms with van der Waals surface area (Å²) in [6.07, 6.45) is 2.12. The first-order valence-electron chi connectivity index (χ1n) is 6.99. The van der Waals surface area contributed by atoms with E-state index in [-0.39, 0.29) is 10.9 Å². The molecule has 5 heteroatoms. The summed E-state index contributed by atoms with van der Waals surface area (Å²) in [4.78, 5) is 0.248. The highest BCUT2D eigenvalue weighted by molar-refractivity contribution is 7.89. The van der Waals surface area contributed by atoms with Crippen molar-refractivity contribution in [3.63, 3.8) is 0 Å². The molecular formula is C16H18N2O2S. The van der Waals surface area contributed by atoms with Gasteiger partial charge in [-0.15, -0.1) is 0 Å². The lowest BCUT2D eigenvalue weighted by Gasteiger charge is -2.19. The molecule has 0 bridgehead atoms. The number of anilines is 1. The van der Waals surface area contributed by atoms with Gasteiger partial charge in [-0.2, -0.15) is 0 Å². The summed E-state index contributed by atoms with van der Waals surface area (Å²) in [7, 11) is -3.53. The van der Waals surface area contributed by atoms with Crippen molar-refractivity contribution in [2.75, 3.05) is 5.73 Å². The molecule has 110 valence electrons. The number of nitrogen functional groups attached to an aromatic ring is 1. The van der Waals surface area contributed by atoms with E-state index in [1.165, 1.54) is 12.1 Å². The average molecular weight is 302 g/mol. The van der Waals surface area contributed by atoms with Gasteiger partial charge in [-0.1, -0.05) is 30.3 Å². The molecule has 0 radical (unpaired) electrons. The minimum Gasteiger partial charge on any atom is -0.399 e. The molecule has 1 fully saturated rings. The van der Waals surface area contributed by atoms with E-state index in [0.29, 0.717) is 11.6 Å². The van der Waals surface area contributed by atoms with Gasteiger partial charge in [0, 0.05) is 11.7 Å². The first kappa shape index (κ1) is 14.1. The van der Waals surface area contributed by atoms with Crippen molar-refractivity contribution in [2.24, 2.45) is 5.92 Å². The second-order valence-electron chi connectivity index (χ2n) is 5.42. The van der Waals surface area contributed by atoms with Crippen LogP contribution in [0, 0.1) is 5.92 Å². The van der Waals surface area contributed by atoms with Crippen LogP contribution in [-0.2, 0) is 10.0 Å². The number of nitrogens with one attached hydrogen (secondary N) is 1. The fourth-order valence-electron chi connectivity index (χ4n) is 2.41. The van der Waals surface area contributed by atoms with Gasteiger partial charge in [0.15, 0.2) is 0 Å². The van der Waals surface area contributed by atoms with Gasteiger partial charge < -0.3 is 5.73 Å². The molecule has 0 aliphatic heterocycles. The van der Waals surface area contributed by atoms with Crippen LogP contribution in [0.2, 0.25) is 0 Å². The van der Waals surface area contributed by atoms with Crippen molar-refractivity contribution in [3.05, 3.63) is 60.2 Å². The summed E-state index contributed by atoms with van der Waals surface area (Å²) in [5, 5.41) is 0. The van der Waals surface area contributed by atoms with Crippen LogP contribution in [-0.4, -0.2) is 8.42 Å². The first-order valence-corrected chi connectivity index (χ1v) is 8.47. The summed E-state index contributed by atoms with van der Waals surface area (Å²) in [5.74, 6) is 0.385. The highest BCUT2D eigenvalue weighted by atomic mass is 32.2. The van der Waals surface area contributed by atoms with Crippen molar-refractivity contribution in [1.29, 1.82) is 0 Å². The maximum atomic E-state index is 12.5. The fraction of sp³-hybridized carbons (Fsp3) is 0.250. The average Bonchev–Trinajstić information content (AvgIpc) is 3.31.